The molecule has 121 heavy (non-hydrogen) atoms. The number of nitrogen functional groups attached to an aromatic ring is 4. The summed E-state index contributed by atoms with van der Waals surface area (Å²) < 4.78 is 33.1. The predicted octanol–water partition coefficient (Wildman–Crippen LogP) is 8.59. The number of methoxy groups -OCH3 is 4. The van der Waals surface area contributed by atoms with Crippen LogP contribution in [0.3, 0.4) is 0 Å². The second-order valence-corrected chi connectivity index (χ2v) is 27.3. The number of nitrogens with zero attached hydrogens (tertiary/aromatic N) is 3. The first-order valence-corrected chi connectivity index (χ1v) is 36.0. The number of nitrogens with two attached hydrogens (primary N) is 4. The molecule has 5 aromatic heterocycles. The summed E-state index contributed by atoms with van der Waals surface area (Å²) in [5, 5.41) is 42.0. The van der Waals surface area contributed by atoms with Crippen molar-refractivity contribution in [1.82, 2.24) is 34.9 Å². The average molecular weight is 1870 g/mol. The highest BCUT2D eigenvalue weighted by molar-refractivity contribution is 9.11. The van der Waals surface area contributed by atoms with Gasteiger partial charge in [0.2, 0.25) is 0 Å². The van der Waals surface area contributed by atoms with Crippen LogP contribution >= 0.6 is 47.8 Å². The highest BCUT2D eigenvalue weighted by Gasteiger charge is 2.28. The van der Waals surface area contributed by atoms with Gasteiger partial charge in [0.1, 0.15) is 11.2 Å². The fourth-order valence-electron chi connectivity index (χ4n) is 11.1. The smallest absolute Gasteiger partial charge is 0.419 e. The molecule has 13 aromatic rings. The normalized spacial score (nSPS) is 10.3. The van der Waals surface area contributed by atoms with E-state index in [1.54, 1.807) is 121 Å². The number of benzene rings is 8. The number of H-pyrrole nitrogens is 7. The van der Waals surface area contributed by atoms with Crippen molar-refractivity contribution in [2.24, 2.45) is 0 Å². The minimum atomic E-state index is -1.02. The van der Waals surface area contributed by atoms with Crippen molar-refractivity contribution < 1.29 is 76.0 Å². The molecule has 0 atom stereocenters. The highest BCUT2D eigenvalue weighted by Crippen LogP contribution is 2.35. The summed E-state index contributed by atoms with van der Waals surface area (Å²) in [4.78, 5) is 215. The van der Waals surface area contributed by atoms with Crippen LogP contribution in [0.4, 0.5) is 39.8 Å². The molecule has 0 radical (unpaired) electrons. The molecule has 632 valence electrons. The summed E-state index contributed by atoms with van der Waals surface area (Å²) in [6, 6.07) is 23.9. The van der Waals surface area contributed by atoms with Crippen LogP contribution in [0.1, 0.15) is 96.3 Å². The zero-order chi connectivity index (χ0) is 91.0. The monoisotopic (exact) mass is 1860 g/mol. The molecule has 0 unspecified atom stereocenters. The van der Waals surface area contributed by atoms with E-state index >= 15 is 0 Å². The molecule has 46 heteroatoms. The van der Waals surface area contributed by atoms with Gasteiger partial charge in [-0.25, -0.2) is 52.7 Å². The summed E-state index contributed by atoms with van der Waals surface area (Å²) in [7, 11) is 4.86. The van der Waals surface area contributed by atoms with Crippen molar-refractivity contribution in [2.75, 3.05) is 51.4 Å². The average Bonchev–Trinajstić information content (AvgIpc) is 0.765. The van der Waals surface area contributed by atoms with E-state index in [1.165, 1.54) is 40.4 Å². The lowest BCUT2D eigenvalue weighted by Gasteiger charge is -2.09. The molecule has 13 rings (SSSR count). The molecular formula is C75H67Br3N14O29. The zero-order valence-electron chi connectivity index (χ0n) is 64.8. The maximum absolute atomic E-state index is 11.8. The van der Waals surface area contributed by atoms with Gasteiger partial charge in [-0.3, -0.25) is 64.5 Å². The Hall–Kier alpha value is -15.4. The number of carbonyl (C=O) groups excluding carboxylic acids is 4. The molecule has 5 heterocycles. The first kappa shape index (κ1) is 94.5. The van der Waals surface area contributed by atoms with Gasteiger partial charge in [-0.15, -0.1) is 0 Å². The van der Waals surface area contributed by atoms with E-state index < -0.39 is 101 Å². The number of aromatic carboxylic acids is 1. The van der Waals surface area contributed by atoms with Crippen LogP contribution in [-0.4, -0.2) is 113 Å². The first-order valence-electron chi connectivity index (χ1n) is 33.6. The van der Waals surface area contributed by atoms with Crippen LogP contribution in [0.2, 0.25) is 0 Å². The maximum atomic E-state index is 11.8. The largest absolute Gasteiger partial charge is 0.478 e. The molecule has 0 aliphatic rings. The number of rotatable bonds is 8. The molecule has 0 fully saturated rings. The van der Waals surface area contributed by atoms with Gasteiger partial charge in [0.05, 0.1) is 132 Å². The molecule has 0 spiro atoms. The number of non-ortho nitro benzene ring substituents is 1. The number of anilines is 4. The minimum absolute atomic E-state index is 0.00863. The quantitative estimate of drug-likeness (QED) is 0.0169. The van der Waals surface area contributed by atoms with Gasteiger partial charge in [-0.1, -0.05) is 84.2 Å². The fourth-order valence-corrected chi connectivity index (χ4v) is 12.2. The Kier molecular flexibility index (Phi) is 31.6. The Balaban J connectivity index is 0.000000215. The van der Waals surface area contributed by atoms with Gasteiger partial charge in [0.15, 0.2) is 0 Å². The molecule has 0 amide bonds. The number of nitrogens with one attached hydrogen (secondary N) is 7. The third kappa shape index (κ3) is 22.0. The van der Waals surface area contributed by atoms with E-state index in [9.17, 15) is 102 Å². The Morgan fingerprint density at radius 2 is 0.769 bits per heavy atom. The number of carboxylic acids is 1. The Bertz CT molecular complexity index is 7040. The van der Waals surface area contributed by atoms with Crippen molar-refractivity contribution in [2.45, 2.75) is 55.4 Å². The van der Waals surface area contributed by atoms with Crippen molar-refractivity contribution in [3.63, 3.8) is 0 Å². The van der Waals surface area contributed by atoms with Gasteiger partial charge in [0.25, 0.3) is 17.1 Å². The summed E-state index contributed by atoms with van der Waals surface area (Å²) in [6.45, 7) is 13.4. The van der Waals surface area contributed by atoms with E-state index in [0.29, 0.717) is 75.5 Å². The van der Waals surface area contributed by atoms with E-state index in [1.807, 2.05) is 0 Å². The third-order valence-electron chi connectivity index (χ3n) is 17.1. The van der Waals surface area contributed by atoms with Crippen LogP contribution < -0.4 is 79.3 Å². The van der Waals surface area contributed by atoms with Crippen molar-refractivity contribution in [3.05, 3.63) is 311 Å². The number of halogens is 3. The molecule has 43 nitrogen and oxygen atoms in total. The van der Waals surface area contributed by atoms with E-state index in [2.05, 4.69) is 115 Å². The number of aromatic amines is 7. The van der Waals surface area contributed by atoms with Crippen LogP contribution in [0, 0.1) is 85.7 Å². The number of carbonyl (C=O) groups is 5. The molecule has 0 saturated heterocycles. The standard InChI is InChI=1S/C11H9N3O6.C11H10N2O4.C9H5BrN2O5.C9H9BrN2O4.C9H6BrNO3.C9H12N2O2.C9H7NO3.C8H9NO2/c1-4-6(14(18)19)3-5-8(7(4)11(17)20-2)13-10(16)9(15)12-5;1-5-3-4-6-8(7(5)11(16)17-2)13-10(15)9(14)12-6;1-3-4(10)2-5(12(15)16)7-6(3)8(13)17-9(14)11-7;1-4-5(10)3-6(12(14)15)8(11)7(4)9(13)16-2;1-4-5(10)2-3-6-7(4)8(12)14-9(13)11-6;1-5-3-4-6(10)8(11)7(5)9(12)13-2;1-5-3-2-4-6-7(5)8(11)13-9(12)10-6;1-5-3-2-4-6(9)7(5)8(10)11/h3H,1-2H3,(H,12,15)(H,13,16);3-4H,1-2H3,(H,12,14)(H,13,15);2H,1H3,(H,11,14);3H,11H2,1-2H3;2-3H,1H3,(H,11,13);3-4H,10-11H2,1-2H3;2-4H,1H3,(H,10,12);2-4H,9H2,1H3,(H,10,11). The number of fused-ring (bicyclic) bond motifs is 5. The molecule has 0 aliphatic carbocycles. The number of hydrogen-bond acceptors (Lipinski definition) is 32. The third-order valence-corrected chi connectivity index (χ3v) is 19.6. The van der Waals surface area contributed by atoms with Gasteiger partial charge in [0, 0.05) is 42.9 Å². The number of nitro benzene ring substituents is 3. The minimum Gasteiger partial charge on any atom is -0.478 e. The SMILES string of the molecule is COC(=O)c1c(C)c(Br)cc([N+](=O)[O-])c1N.COC(=O)c1c(C)c([N+](=O)[O-])cc2[nH]c(=O)c(=O)[nH]c12.COC(=O)c1c(C)ccc(N)c1N.COC(=O)c1c(C)ccc2[nH]c(=O)c(=O)[nH]c12.Cc1c(Br)cc([N+](=O)[O-])c2[nH]c(=O)oc(=O)c12.Cc1c(Br)ccc2[nH]c(=O)oc(=O)c12.Cc1cccc(N)c1C(=O)O.Cc1cccc2[nH]c(=O)oc(=O)c12. The highest BCUT2D eigenvalue weighted by atomic mass is 79.9. The Morgan fingerprint density at radius 1 is 0.364 bits per heavy atom. The second kappa shape index (κ2) is 40.5. The van der Waals surface area contributed by atoms with E-state index in [4.69, 9.17) is 28.0 Å². The summed E-state index contributed by atoms with van der Waals surface area (Å²) in [5.41, 5.74) is 23.2. The topological polar surface area (TPSA) is 697 Å². The number of esters is 4. The molecule has 16 N–H and O–H groups in total. The summed E-state index contributed by atoms with van der Waals surface area (Å²) >= 11 is 9.54. The number of carboxylic acid groups (broad SMARTS) is 1. The van der Waals surface area contributed by atoms with E-state index in [0.717, 1.165) is 34.3 Å². The number of aromatic nitrogens is 7. The van der Waals surface area contributed by atoms with Gasteiger partial charge in [-0.2, -0.15) is 0 Å². The van der Waals surface area contributed by atoms with Gasteiger partial charge >= 0.3 is 86.2 Å². The van der Waals surface area contributed by atoms with Gasteiger partial charge in [-0.05, 0) is 131 Å². The molecular weight excluding hydrogens is 1800 g/mol. The number of nitro groups is 3. The Morgan fingerprint density at radius 3 is 1.29 bits per heavy atom. The zero-order valence-corrected chi connectivity index (χ0v) is 69.6. The van der Waals surface area contributed by atoms with Crippen LogP contribution in [0.15, 0.2) is 166 Å². The van der Waals surface area contributed by atoms with Crippen LogP contribution in [-0.2, 0) is 18.9 Å². The first-order chi connectivity index (χ1) is 56.7. The Labute approximate surface area is 697 Å². The summed E-state index contributed by atoms with van der Waals surface area (Å²) in [6.07, 6.45) is 0. The predicted molar refractivity (Wildman–Crippen MR) is 450 cm³/mol. The number of hydrogen-bond donors (Lipinski definition) is 12. The van der Waals surface area contributed by atoms with Crippen molar-refractivity contribution >= 4 is 172 Å². The summed E-state index contributed by atoms with van der Waals surface area (Å²) in [5.74, 6) is -6.00. The molecule has 8 aromatic carbocycles. The molecule has 0 bridgehead atoms. The lowest BCUT2D eigenvalue weighted by atomic mass is 10.0. The number of aryl methyl sites for hydroxylation is 6. The van der Waals surface area contributed by atoms with Gasteiger partial charge < -0.3 is 80.2 Å². The fraction of sp³-hybridized carbons (Fsp3) is 0.160. The van der Waals surface area contributed by atoms with Crippen LogP contribution in [0.5, 0.6) is 0 Å². The number of ether oxygens (including phenoxy) is 4. The lowest BCUT2D eigenvalue weighted by Crippen LogP contribution is -2.29. The van der Waals surface area contributed by atoms with E-state index in [-0.39, 0.29) is 83.7 Å². The lowest BCUT2D eigenvalue weighted by molar-refractivity contribution is -0.385. The maximum Gasteiger partial charge on any atom is 0.419 e. The van der Waals surface area contributed by atoms with Crippen molar-refractivity contribution in [1.29, 1.82) is 0 Å². The molecule has 0 aliphatic heterocycles. The van der Waals surface area contributed by atoms with Crippen molar-refractivity contribution in [3.8, 4) is 0 Å². The molecule has 0 saturated carbocycles. The second-order valence-electron chi connectivity index (χ2n) is 24.7. The van der Waals surface area contributed by atoms with Crippen LogP contribution in [0.25, 0.3) is 54.8 Å².